The minimum atomic E-state index is -2.50. The number of H-pyrrole nitrogens is 1. The van der Waals surface area contributed by atoms with Gasteiger partial charge in [-0.2, -0.15) is 0 Å². The lowest BCUT2D eigenvalue weighted by molar-refractivity contribution is -0.0978. The number of nitrogens with zero attached hydrogens (tertiary/aromatic N) is 1. The van der Waals surface area contributed by atoms with Crippen molar-refractivity contribution in [1.82, 2.24) is 9.55 Å². The first-order valence-corrected chi connectivity index (χ1v) is 11.4. The summed E-state index contributed by atoms with van der Waals surface area (Å²) < 4.78 is 7.12. The number of ether oxygens (including phenoxy) is 1. The lowest BCUT2D eigenvalue weighted by atomic mass is 10.1. The number of hydrogen-bond donors (Lipinski definition) is 4. The van der Waals surface area contributed by atoms with Crippen molar-refractivity contribution in [1.29, 1.82) is 0 Å². The fourth-order valence-corrected chi connectivity index (χ4v) is 7.38. The van der Waals surface area contributed by atoms with E-state index in [-0.39, 0.29) is 0 Å². The van der Waals surface area contributed by atoms with Gasteiger partial charge in [-0.15, -0.1) is 0 Å². The second kappa shape index (κ2) is 6.93. The minimum Gasteiger partial charge on any atom is -0.394 e. The molecule has 1 aromatic rings. The molecule has 4 N–H and O–H groups in total. The van der Waals surface area contributed by atoms with Crippen molar-refractivity contribution in [2.45, 2.75) is 62.6 Å². The Morgan fingerprint density at radius 1 is 1.38 bits per heavy atom. The van der Waals surface area contributed by atoms with Crippen molar-refractivity contribution < 1.29 is 20.1 Å². The number of aliphatic hydroxyl groups excluding tert-OH is 3. The number of unbranched alkanes of at least 4 members (excludes halogenated alkanes) is 1. The average Bonchev–Trinajstić information content (AvgIpc) is 2.79. The maximum atomic E-state index is 12.4. The molecule has 1 aliphatic heterocycles. The van der Waals surface area contributed by atoms with Crippen LogP contribution in [0.5, 0.6) is 0 Å². The molecular formula is C15H26N2O6Si. The molecule has 0 saturated carbocycles. The third kappa shape index (κ3) is 2.90. The van der Waals surface area contributed by atoms with Crippen molar-refractivity contribution in [2.24, 2.45) is 0 Å². The Bertz CT molecular complexity index is 687. The lowest BCUT2D eigenvalue weighted by Crippen LogP contribution is -2.65. The van der Waals surface area contributed by atoms with Gasteiger partial charge in [0.05, 0.1) is 6.61 Å². The summed E-state index contributed by atoms with van der Waals surface area (Å²) in [6, 6.07) is 1.93. The van der Waals surface area contributed by atoms with Crippen LogP contribution in [0.15, 0.2) is 21.9 Å². The third-order valence-electron chi connectivity index (χ3n) is 4.92. The largest absolute Gasteiger partial charge is 0.394 e. The summed E-state index contributed by atoms with van der Waals surface area (Å²) >= 11 is 0. The molecule has 4 atom stereocenters. The summed E-state index contributed by atoms with van der Waals surface area (Å²) in [6.45, 7) is 5.50. The Morgan fingerprint density at radius 2 is 2.04 bits per heavy atom. The number of nitrogens with one attached hydrogen (secondary N) is 1. The first kappa shape index (κ1) is 19.1. The van der Waals surface area contributed by atoms with Gasteiger partial charge in [-0.05, 0) is 0 Å². The summed E-state index contributed by atoms with van der Waals surface area (Å²) in [5.74, 6) is 0. The van der Waals surface area contributed by atoms with E-state index < -0.39 is 49.6 Å². The maximum absolute atomic E-state index is 12.4. The zero-order valence-electron chi connectivity index (χ0n) is 14.2. The maximum Gasteiger partial charge on any atom is 0.330 e. The van der Waals surface area contributed by atoms with Crippen LogP contribution in [0.1, 0.15) is 19.8 Å². The number of aromatic nitrogens is 2. The van der Waals surface area contributed by atoms with Gasteiger partial charge >= 0.3 is 5.69 Å². The van der Waals surface area contributed by atoms with E-state index in [1.807, 2.05) is 20.0 Å². The van der Waals surface area contributed by atoms with Gasteiger partial charge in [-0.25, -0.2) is 4.79 Å². The number of aliphatic hydroxyl groups is 3. The second-order valence-corrected chi connectivity index (χ2v) is 11.9. The van der Waals surface area contributed by atoms with Gasteiger partial charge in [0.1, 0.15) is 26.4 Å². The van der Waals surface area contributed by atoms with E-state index in [2.05, 4.69) is 4.98 Å². The topological polar surface area (TPSA) is 125 Å². The summed E-state index contributed by atoms with van der Waals surface area (Å²) in [6.07, 6.45) is -0.576. The van der Waals surface area contributed by atoms with E-state index in [4.69, 9.17) is 4.74 Å². The molecule has 136 valence electrons. The molecular weight excluding hydrogens is 332 g/mol. The van der Waals surface area contributed by atoms with Gasteiger partial charge in [0.2, 0.25) is 0 Å². The summed E-state index contributed by atoms with van der Waals surface area (Å²) in [4.78, 5) is 26.0. The highest BCUT2D eigenvalue weighted by molar-refractivity contribution is 6.79. The molecule has 0 aromatic carbocycles. The SMILES string of the molecule is CCCC[Si](C)(C)[C@@]1(n2ccc(=O)[nH]c2=O)O[C@H](CO)[C@@H](O)[C@H]1O. The summed E-state index contributed by atoms with van der Waals surface area (Å²) in [5.41, 5.74) is -1.25. The van der Waals surface area contributed by atoms with E-state index in [9.17, 15) is 24.9 Å². The number of rotatable bonds is 6. The van der Waals surface area contributed by atoms with Crippen LogP contribution in [0.3, 0.4) is 0 Å². The summed E-state index contributed by atoms with van der Waals surface area (Å²) in [5, 5.41) is 29.1. The molecule has 2 rings (SSSR count). The van der Waals surface area contributed by atoms with Gasteiger partial charge < -0.3 is 20.1 Å². The van der Waals surface area contributed by atoms with E-state index in [1.165, 1.54) is 16.8 Å². The van der Waals surface area contributed by atoms with Gasteiger partial charge in [0.15, 0.2) is 5.35 Å². The Kier molecular flexibility index (Phi) is 5.50. The molecule has 9 heteroatoms. The first-order valence-electron chi connectivity index (χ1n) is 8.18. The van der Waals surface area contributed by atoms with Crippen LogP contribution in [0.25, 0.3) is 0 Å². The summed E-state index contributed by atoms with van der Waals surface area (Å²) in [7, 11) is -2.50. The van der Waals surface area contributed by atoms with Crippen molar-refractivity contribution in [3.63, 3.8) is 0 Å². The van der Waals surface area contributed by atoms with Crippen LogP contribution < -0.4 is 11.2 Å². The van der Waals surface area contributed by atoms with Crippen LogP contribution in [0.2, 0.25) is 19.1 Å². The van der Waals surface area contributed by atoms with Crippen molar-refractivity contribution >= 4 is 8.07 Å². The Balaban J connectivity index is 2.67. The van der Waals surface area contributed by atoms with E-state index in [0.717, 1.165) is 18.9 Å². The normalized spacial score (nSPS) is 30.7. The molecule has 0 amide bonds. The highest BCUT2D eigenvalue weighted by Crippen LogP contribution is 2.44. The smallest absolute Gasteiger partial charge is 0.330 e. The van der Waals surface area contributed by atoms with Gasteiger partial charge in [0.25, 0.3) is 5.56 Å². The molecule has 1 saturated heterocycles. The zero-order chi connectivity index (χ0) is 18.1. The fraction of sp³-hybridized carbons (Fsp3) is 0.733. The molecule has 0 spiro atoms. The highest BCUT2D eigenvalue weighted by atomic mass is 28.3. The predicted molar refractivity (Wildman–Crippen MR) is 90.5 cm³/mol. The molecule has 0 aliphatic carbocycles. The monoisotopic (exact) mass is 358 g/mol. The predicted octanol–water partition coefficient (Wildman–Crippen LogP) is -0.650. The zero-order valence-corrected chi connectivity index (χ0v) is 15.2. The molecule has 2 heterocycles. The third-order valence-corrected chi connectivity index (χ3v) is 9.12. The van der Waals surface area contributed by atoms with Gasteiger partial charge in [-0.1, -0.05) is 38.9 Å². The number of hydrogen-bond acceptors (Lipinski definition) is 6. The van der Waals surface area contributed by atoms with E-state index in [0.29, 0.717) is 0 Å². The van der Waals surface area contributed by atoms with Crippen LogP contribution >= 0.6 is 0 Å². The van der Waals surface area contributed by atoms with Crippen LogP contribution in [-0.2, 0) is 10.1 Å². The first-order chi connectivity index (χ1) is 11.2. The van der Waals surface area contributed by atoms with Crippen LogP contribution in [0.4, 0.5) is 0 Å². The van der Waals surface area contributed by atoms with Gasteiger partial charge in [-0.3, -0.25) is 14.3 Å². The lowest BCUT2D eigenvalue weighted by Gasteiger charge is -2.45. The molecule has 1 aromatic heterocycles. The minimum absolute atomic E-state index is 0.476. The van der Waals surface area contributed by atoms with Gasteiger partial charge in [0, 0.05) is 12.3 Å². The fourth-order valence-electron chi connectivity index (χ4n) is 3.51. The quantitative estimate of drug-likeness (QED) is 0.501. The van der Waals surface area contributed by atoms with Crippen LogP contribution in [0, 0.1) is 0 Å². The number of aromatic amines is 1. The van der Waals surface area contributed by atoms with E-state index >= 15 is 0 Å². The Hall–Kier alpha value is -1.26. The average molecular weight is 358 g/mol. The van der Waals surface area contributed by atoms with Crippen molar-refractivity contribution in [3.8, 4) is 0 Å². The molecule has 24 heavy (non-hydrogen) atoms. The highest BCUT2D eigenvalue weighted by Gasteiger charge is 2.63. The Labute approximate surface area is 140 Å². The second-order valence-electron chi connectivity index (χ2n) is 6.94. The van der Waals surface area contributed by atoms with E-state index in [1.54, 1.807) is 0 Å². The molecule has 8 nitrogen and oxygen atoms in total. The molecule has 0 bridgehead atoms. The van der Waals surface area contributed by atoms with Crippen LogP contribution in [-0.4, -0.2) is 57.9 Å². The standard InChI is InChI=1S/C15H26N2O6Si/c1-4-5-8-24(2,3)15(13(21)12(20)10(9-18)23-15)17-7-6-11(19)16-14(17)22/h6-7,10,12-13,18,20-21H,4-5,8-9H2,1-3H3,(H,16,19,22)/t10-,12-,13-,15+/m1/s1. The molecule has 1 aliphatic rings. The van der Waals surface area contributed by atoms with Crippen molar-refractivity contribution in [2.75, 3.05) is 6.61 Å². The van der Waals surface area contributed by atoms with Crippen molar-refractivity contribution in [3.05, 3.63) is 33.1 Å². The molecule has 0 unspecified atom stereocenters. The molecule has 0 radical (unpaired) electrons. The molecule has 1 fully saturated rings. The Morgan fingerprint density at radius 3 is 2.54 bits per heavy atom.